The van der Waals surface area contributed by atoms with E-state index in [9.17, 15) is 9.18 Å². The van der Waals surface area contributed by atoms with Crippen molar-refractivity contribution in [3.8, 4) is 0 Å². The first-order chi connectivity index (χ1) is 10.3. The highest BCUT2D eigenvalue weighted by molar-refractivity contribution is 6.30. The summed E-state index contributed by atoms with van der Waals surface area (Å²) in [5, 5.41) is 0.0905. The van der Waals surface area contributed by atoms with Gasteiger partial charge in [0.15, 0.2) is 0 Å². The number of amides is 1. The molecule has 0 N–H and O–H groups in total. The van der Waals surface area contributed by atoms with Crippen LogP contribution in [0.25, 0.3) is 0 Å². The topological polar surface area (TPSA) is 38.8 Å². The summed E-state index contributed by atoms with van der Waals surface area (Å²) in [6.45, 7) is 6.84. The van der Waals surface area contributed by atoms with Gasteiger partial charge >= 0.3 is 6.09 Å². The molecule has 0 spiro atoms. The minimum atomic E-state index is -0.525. The zero-order chi connectivity index (χ0) is 16.3. The van der Waals surface area contributed by atoms with Gasteiger partial charge in [-0.05, 0) is 44.9 Å². The third kappa shape index (κ3) is 4.58. The van der Waals surface area contributed by atoms with Crippen molar-refractivity contribution in [2.45, 2.75) is 38.9 Å². The third-order valence-electron chi connectivity index (χ3n) is 3.31. The lowest BCUT2D eigenvalue weighted by Gasteiger charge is -2.26. The van der Waals surface area contributed by atoms with Crippen molar-refractivity contribution in [1.82, 2.24) is 4.90 Å². The van der Waals surface area contributed by atoms with E-state index in [4.69, 9.17) is 21.1 Å². The van der Waals surface area contributed by atoms with E-state index >= 15 is 0 Å². The van der Waals surface area contributed by atoms with Crippen molar-refractivity contribution in [3.05, 3.63) is 34.6 Å². The molecule has 1 fully saturated rings. The predicted molar refractivity (Wildman–Crippen MR) is 82.5 cm³/mol. The fourth-order valence-corrected chi connectivity index (χ4v) is 2.38. The molecular formula is C16H21ClFNO3. The maximum Gasteiger partial charge on any atom is 0.410 e. The van der Waals surface area contributed by atoms with Gasteiger partial charge in [-0.3, -0.25) is 0 Å². The fraction of sp³-hybridized carbons (Fsp3) is 0.562. The average Bonchev–Trinajstić information content (AvgIpc) is 2.66. The molecule has 4 nitrogen and oxygen atoms in total. The summed E-state index contributed by atoms with van der Waals surface area (Å²) >= 11 is 5.69. The van der Waals surface area contributed by atoms with E-state index in [1.54, 1.807) is 11.0 Å². The first kappa shape index (κ1) is 17.0. The van der Waals surface area contributed by atoms with Crippen molar-refractivity contribution < 1.29 is 18.7 Å². The smallest absolute Gasteiger partial charge is 0.410 e. The Labute approximate surface area is 135 Å². The number of rotatable bonds is 1. The van der Waals surface area contributed by atoms with Crippen LogP contribution >= 0.6 is 11.6 Å². The molecule has 0 aromatic heterocycles. The van der Waals surface area contributed by atoms with Crippen LogP contribution in [-0.4, -0.2) is 36.3 Å². The van der Waals surface area contributed by atoms with Gasteiger partial charge in [-0.15, -0.1) is 0 Å². The number of nitrogens with zero attached hydrogens (tertiary/aromatic N) is 1. The highest BCUT2D eigenvalue weighted by atomic mass is 35.5. The van der Waals surface area contributed by atoms with Crippen LogP contribution in [-0.2, 0) is 9.47 Å². The van der Waals surface area contributed by atoms with Crippen LogP contribution in [0.2, 0.25) is 5.02 Å². The Balaban J connectivity index is 2.00. The number of ether oxygens (including phenoxy) is 2. The summed E-state index contributed by atoms with van der Waals surface area (Å²) < 4.78 is 24.7. The predicted octanol–water partition coefficient (Wildman–Crippen LogP) is 4.18. The maximum absolute atomic E-state index is 13.6. The maximum atomic E-state index is 13.6. The molecule has 122 valence electrons. The lowest BCUT2D eigenvalue weighted by molar-refractivity contribution is 0.0231. The lowest BCUT2D eigenvalue weighted by Crippen LogP contribution is -2.38. The Bertz CT molecular complexity index is 545. The molecule has 22 heavy (non-hydrogen) atoms. The van der Waals surface area contributed by atoms with Gasteiger partial charge in [0.2, 0.25) is 0 Å². The average molecular weight is 330 g/mol. The van der Waals surface area contributed by atoms with Crippen LogP contribution < -0.4 is 0 Å². The fourth-order valence-electron chi connectivity index (χ4n) is 2.26. The molecule has 0 bridgehead atoms. The number of carbonyl (C=O) groups excluding carboxylic acids is 1. The van der Waals surface area contributed by atoms with Gasteiger partial charge in [0.25, 0.3) is 0 Å². The summed E-state index contributed by atoms with van der Waals surface area (Å²) in [4.78, 5) is 13.7. The lowest BCUT2D eigenvalue weighted by atomic mass is 10.1. The number of hydrogen-bond donors (Lipinski definition) is 0. The van der Waals surface area contributed by atoms with E-state index in [2.05, 4.69) is 0 Å². The first-order valence-electron chi connectivity index (χ1n) is 7.31. The Morgan fingerprint density at radius 2 is 2.14 bits per heavy atom. The van der Waals surface area contributed by atoms with E-state index in [-0.39, 0.29) is 17.2 Å². The van der Waals surface area contributed by atoms with Crippen molar-refractivity contribution in [1.29, 1.82) is 0 Å². The SMILES string of the molecule is CC(C)(C)OC(=O)N1CCOC(c2ccc(Cl)c(F)c2)CC1. The van der Waals surface area contributed by atoms with Crippen molar-refractivity contribution in [2.75, 3.05) is 19.7 Å². The van der Waals surface area contributed by atoms with E-state index in [1.165, 1.54) is 12.1 Å². The summed E-state index contributed by atoms with van der Waals surface area (Å²) in [5.74, 6) is -0.462. The number of benzene rings is 1. The Hall–Kier alpha value is -1.33. The van der Waals surface area contributed by atoms with Crippen molar-refractivity contribution >= 4 is 17.7 Å². The van der Waals surface area contributed by atoms with E-state index in [1.807, 2.05) is 20.8 Å². The van der Waals surface area contributed by atoms with E-state index in [0.717, 1.165) is 5.56 Å². The van der Waals surface area contributed by atoms with Crippen LogP contribution in [0.5, 0.6) is 0 Å². The van der Waals surface area contributed by atoms with Crippen LogP contribution in [0.3, 0.4) is 0 Å². The molecule has 2 rings (SSSR count). The second-order valence-electron chi connectivity index (χ2n) is 6.29. The number of halogens is 2. The Morgan fingerprint density at radius 3 is 2.77 bits per heavy atom. The second-order valence-corrected chi connectivity index (χ2v) is 6.70. The zero-order valence-corrected chi connectivity index (χ0v) is 13.8. The number of carbonyl (C=O) groups is 1. The van der Waals surface area contributed by atoms with Crippen LogP contribution in [0, 0.1) is 5.82 Å². The minimum absolute atomic E-state index is 0.0905. The molecule has 6 heteroatoms. The molecule has 1 aliphatic heterocycles. The summed E-state index contributed by atoms with van der Waals surface area (Å²) in [5.41, 5.74) is 0.205. The van der Waals surface area contributed by atoms with Crippen LogP contribution in [0.15, 0.2) is 18.2 Å². The molecule has 1 aromatic carbocycles. The molecule has 0 saturated carbocycles. The monoisotopic (exact) mass is 329 g/mol. The van der Waals surface area contributed by atoms with Gasteiger partial charge in [-0.25, -0.2) is 9.18 Å². The largest absolute Gasteiger partial charge is 0.444 e. The molecule has 1 unspecified atom stereocenters. The summed E-state index contributed by atoms with van der Waals surface area (Å²) in [7, 11) is 0. The molecule has 0 aliphatic carbocycles. The molecule has 1 aromatic rings. The van der Waals surface area contributed by atoms with Gasteiger partial charge in [-0.1, -0.05) is 17.7 Å². The third-order valence-corrected chi connectivity index (χ3v) is 3.62. The van der Waals surface area contributed by atoms with Crippen molar-refractivity contribution in [2.24, 2.45) is 0 Å². The van der Waals surface area contributed by atoms with E-state index in [0.29, 0.717) is 26.1 Å². The second kappa shape index (κ2) is 6.84. The quantitative estimate of drug-likeness (QED) is 0.776. The zero-order valence-electron chi connectivity index (χ0n) is 13.1. The van der Waals surface area contributed by atoms with Crippen LogP contribution in [0.1, 0.15) is 38.9 Å². The minimum Gasteiger partial charge on any atom is -0.444 e. The van der Waals surface area contributed by atoms with Crippen LogP contribution in [0.4, 0.5) is 9.18 Å². The Morgan fingerprint density at radius 1 is 1.41 bits per heavy atom. The van der Waals surface area contributed by atoms with Gasteiger partial charge in [-0.2, -0.15) is 0 Å². The van der Waals surface area contributed by atoms with Gasteiger partial charge in [0.05, 0.1) is 17.7 Å². The summed E-state index contributed by atoms with van der Waals surface area (Å²) in [6.07, 6.45) is -0.0152. The van der Waals surface area contributed by atoms with Gasteiger partial charge in [0, 0.05) is 13.1 Å². The van der Waals surface area contributed by atoms with Crippen molar-refractivity contribution in [3.63, 3.8) is 0 Å². The molecule has 1 atom stereocenters. The molecular weight excluding hydrogens is 309 g/mol. The molecule has 1 amide bonds. The highest BCUT2D eigenvalue weighted by Crippen LogP contribution is 2.27. The molecule has 1 saturated heterocycles. The molecule has 1 heterocycles. The standard InChI is InChI=1S/C16H21ClFNO3/c1-16(2,3)22-15(20)19-7-6-14(21-9-8-19)11-4-5-12(17)13(18)10-11/h4-5,10,14H,6-9H2,1-3H3. The van der Waals surface area contributed by atoms with E-state index < -0.39 is 11.4 Å². The number of hydrogen-bond acceptors (Lipinski definition) is 3. The first-order valence-corrected chi connectivity index (χ1v) is 7.68. The highest BCUT2D eigenvalue weighted by Gasteiger charge is 2.26. The van der Waals surface area contributed by atoms with Gasteiger partial charge in [0.1, 0.15) is 11.4 Å². The Kier molecular flexibility index (Phi) is 5.29. The molecule has 0 radical (unpaired) electrons. The summed E-state index contributed by atoms with van der Waals surface area (Å²) in [6, 6.07) is 4.65. The molecule has 1 aliphatic rings. The normalized spacial score (nSPS) is 19.7. The van der Waals surface area contributed by atoms with Gasteiger partial charge < -0.3 is 14.4 Å².